The third-order valence-electron chi connectivity index (χ3n) is 2.43. The lowest BCUT2D eigenvalue weighted by molar-refractivity contribution is -0.173. The molecule has 1 saturated carbocycles. The normalized spacial score (nSPS) is 36.7. The molecule has 1 aliphatic rings. The van der Waals surface area contributed by atoms with Gasteiger partial charge >= 0.3 is 0 Å². The number of aliphatic hydroxyl groups is 1. The van der Waals surface area contributed by atoms with E-state index >= 15 is 0 Å². The fourth-order valence-corrected chi connectivity index (χ4v) is 1.33. The lowest BCUT2D eigenvalue weighted by atomic mass is 9.77. The van der Waals surface area contributed by atoms with Crippen LogP contribution in [0.1, 0.15) is 19.8 Å². The van der Waals surface area contributed by atoms with Gasteiger partial charge in [0.2, 0.25) is 0 Å². The summed E-state index contributed by atoms with van der Waals surface area (Å²) >= 11 is 0. The van der Waals surface area contributed by atoms with Gasteiger partial charge < -0.3 is 5.11 Å². The molecular weight excluding hydrogens is 144 g/mol. The van der Waals surface area contributed by atoms with E-state index in [1.54, 1.807) is 0 Å². The van der Waals surface area contributed by atoms with Crippen molar-refractivity contribution in [3.63, 3.8) is 0 Å². The maximum Gasteiger partial charge on any atom is 0.181 e. The molecule has 5 nitrogen and oxygen atoms in total. The minimum atomic E-state index is -0.865. The highest BCUT2D eigenvalue weighted by atomic mass is 16.3. The molecule has 1 aromatic rings. The number of hydrogen-bond acceptors (Lipinski definition) is 4. The van der Waals surface area contributed by atoms with Gasteiger partial charge in [-0.15, -0.1) is 15.0 Å². The second-order valence-electron chi connectivity index (χ2n) is 3.04. The first kappa shape index (κ1) is 6.72. The van der Waals surface area contributed by atoms with Crippen molar-refractivity contribution in [2.45, 2.75) is 25.5 Å². The van der Waals surface area contributed by atoms with E-state index in [2.05, 4.69) is 15.4 Å². The summed E-state index contributed by atoms with van der Waals surface area (Å²) in [5, 5.41) is 20.9. The van der Waals surface area contributed by atoms with Gasteiger partial charge in [0, 0.05) is 5.92 Å². The van der Waals surface area contributed by atoms with Gasteiger partial charge in [-0.3, -0.25) is 0 Å². The zero-order chi connectivity index (χ0) is 7.90. The number of nitrogens with zero attached hydrogens (tertiary/aromatic N) is 4. The maximum atomic E-state index is 9.84. The third kappa shape index (κ3) is 0.773. The van der Waals surface area contributed by atoms with Crippen molar-refractivity contribution in [3.8, 4) is 0 Å². The molecule has 0 aliphatic heterocycles. The molecule has 0 saturated heterocycles. The van der Waals surface area contributed by atoms with Crippen LogP contribution in [0.3, 0.4) is 0 Å². The molecule has 0 aromatic carbocycles. The Balaban J connectivity index is 2.28. The van der Waals surface area contributed by atoms with Crippen LogP contribution in [0.2, 0.25) is 0 Å². The summed E-state index contributed by atoms with van der Waals surface area (Å²) in [6.45, 7) is 1.98. The number of aromatic nitrogens is 4. The van der Waals surface area contributed by atoms with Crippen molar-refractivity contribution >= 4 is 0 Å². The summed E-state index contributed by atoms with van der Waals surface area (Å²) in [4.78, 5) is 1.29. The summed E-state index contributed by atoms with van der Waals surface area (Å²) in [6, 6.07) is 0. The fourth-order valence-electron chi connectivity index (χ4n) is 1.33. The summed E-state index contributed by atoms with van der Waals surface area (Å²) in [7, 11) is 0. The zero-order valence-corrected chi connectivity index (χ0v) is 6.30. The van der Waals surface area contributed by atoms with Gasteiger partial charge in [0.15, 0.2) is 12.1 Å². The lowest BCUT2D eigenvalue weighted by Crippen LogP contribution is -2.49. The first-order chi connectivity index (χ1) is 5.23. The fraction of sp³-hybridized carbons (Fsp3) is 0.833. The van der Waals surface area contributed by atoms with E-state index < -0.39 is 5.72 Å². The molecule has 1 aliphatic carbocycles. The van der Waals surface area contributed by atoms with Gasteiger partial charge in [-0.2, -0.15) is 0 Å². The predicted octanol–water partition coefficient (Wildman–Crippen LogP) is -0.252. The number of rotatable bonds is 1. The Morgan fingerprint density at radius 3 is 2.91 bits per heavy atom. The van der Waals surface area contributed by atoms with Crippen molar-refractivity contribution in [3.05, 3.63) is 6.33 Å². The SMILES string of the molecule is CC1CCC1(O)n1ncnn1. The summed E-state index contributed by atoms with van der Waals surface area (Å²) in [5.74, 6) is 0.233. The van der Waals surface area contributed by atoms with E-state index in [1.165, 1.54) is 11.1 Å². The van der Waals surface area contributed by atoms with E-state index in [-0.39, 0.29) is 5.92 Å². The first-order valence-corrected chi connectivity index (χ1v) is 3.69. The summed E-state index contributed by atoms with van der Waals surface area (Å²) in [5.41, 5.74) is -0.865. The molecular formula is C6H10N4O. The van der Waals surface area contributed by atoms with Crippen LogP contribution in [-0.4, -0.2) is 25.3 Å². The minimum Gasteiger partial charge on any atom is -0.367 e. The number of hydrogen-bond donors (Lipinski definition) is 1. The van der Waals surface area contributed by atoms with Crippen molar-refractivity contribution in [2.24, 2.45) is 5.92 Å². The molecule has 1 fully saturated rings. The first-order valence-electron chi connectivity index (χ1n) is 3.69. The molecule has 1 aromatic heterocycles. The van der Waals surface area contributed by atoms with E-state index in [0.29, 0.717) is 0 Å². The van der Waals surface area contributed by atoms with E-state index in [0.717, 1.165) is 12.8 Å². The molecule has 0 bridgehead atoms. The molecule has 0 spiro atoms. The van der Waals surface area contributed by atoms with Gasteiger partial charge in [0.1, 0.15) is 0 Å². The van der Waals surface area contributed by atoms with E-state index in [9.17, 15) is 5.11 Å². The third-order valence-corrected chi connectivity index (χ3v) is 2.43. The lowest BCUT2D eigenvalue weighted by Gasteiger charge is -2.41. The van der Waals surface area contributed by atoms with Crippen LogP contribution >= 0.6 is 0 Å². The van der Waals surface area contributed by atoms with Gasteiger partial charge in [-0.05, 0) is 18.1 Å². The van der Waals surface area contributed by atoms with Gasteiger partial charge in [0.05, 0.1) is 0 Å². The monoisotopic (exact) mass is 154 g/mol. The average Bonchev–Trinajstić information content (AvgIpc) is 2.52. The van der Waals surface area contributed by atoms with Gasteiger partial charge in [-0.25, -0.2) is 0 Å². The Hall–Kier alpha value is -0.970. The number of tetrazole rings is 1. The van der Waals surface area contributed by atoms with E-state index in [1.807, 2.05) is 6.92 Å². The largest absolute Gasteiger partial charge is 0.367 e. The molecule has 1 N–H and O–H groups in total. The minimum absolute atomic E-state index is 0.233. The summed E-state index contributed by atoms with van der Waals surface area (Å²) < 4.78 is 0. The van der Waals surface area contributed by atoms with Crippen LogP contribution in [0.15, 0.2) is 6.33 Å². The zero-order valence-electron chi connectivity index (χ0n) is 6.30. The van der Waals surface area contributed by atoms with Gasteiger partial charge in [0.25, 0.3) is 0 Å². The predicted molar refractivity (Wildman–Crippen MR) is 36.4 cm³/mol. The Kier molecular flexibility index (Phi) is 1.23. The molecule has 2 unspecified atom stereocenters. The van der Waals surface area contributed by atoms with E-state index in [4.69, 9.17) is 0 Å². The van der Waals surface area contributed by atoms with Crippen LogP contribution in [0, 0.1) is 5.92 Å². The van der Waals surface area contributed by atoms with Crippen molar-refractivity contribution in [1.29, 1.82) is 0 Å². The van der Waals surface area contributed by atoms with Crippen molar-refractivity contribution in [1.82, 2.24) is 20.2 Å². The second kappa shape index (κ2) is 2.01. The van der Waals surface area contributed by atoms with Crippen LogP contribution in [0.5, 0.6) is 0 Å². The molecule has 11 heavy (non-hydrogen) atoms. The Labute approximate surface area is 64.0 Å². The Morgan fingerprint density at radius 2 is 2.55 bits per heavy atom. The Morgan fingerprint density at radius 1 is 1.73 bits per heavy atom. The van der Waals surface area contributed by atoms with Crippen LogP contribution < -0.4 is 0 Å². The van der Waals surface area contributed by atoms with Gasteiger partial charge in [-0.1, -0.05) is 6.92 Å². The smallest absolute Gasteiger partial charge is 0.181 e. The average molecular weight is 154 g/mol. The molecule has 2 atom stereocenters. The standard InChI is InChI=1S/C6H10N4O/c1-5-2-3-6(5,11)10-8-4-7-9-10/h4-5,11H,2-3H2,1H3. The topological polar surface area (TPSA) is 63.8 Å². The molecule has 5 heteroatoms. The van der Waals surface area contributed by atoms with Crippen LogP contribution in [0.25, 0.3) is 0 Å². The highest BCUT2D eigenvalue weighted by molar-refractivity contribution is 4.86. The van der Waals surface area contributed by atoms with Crippen LogP contribution in [0.4, 0.5) is 0 Å². The molecule has 0 amide bonds. The van der Waals surface area contributed by atoms with Crippen molar-refractivity contribution in [2.75, 3.05) is 0 Å². The van der Waals surface area contributed by atoms with Crippen LogP contribution in [-0.2, 0) is 5.72 Å². The Bertz CT molecular complexity index is 247. The summed E-state index contributed by atoms with van der Waals surface area (Å²) in [6.07, 6.45) is 3.09. The molecule has 2 rings (SSSR count). The highest BCUT2D eigenvalue weighted by Crippen LogP contribution is 2.40. The highest BCUT2D eigenvalue weighted by Gasteiger charge is 2.45. The second-order valence-corrected chi connectivity index (χ2v) is 3.04. The molecule has 60 valence electrons. The quantitative estimate of drug-likeness (QED) is 0.605. The molecule has 0 radical (unpaired) electrons. The molecule has 1 heterocycles. The van der Waals surface area contributed by atoms with Crippen molar-refractivity contribution < 1.29 is 5.11 Å². The maximum absolute atomic E-state index is 9.84.